The number of rotatable bonds is 5. The maximum atomic E-state index is 5.09. The Bertz CT molecular complexity index is 404. The Labute approximate surface area is 121 Å². The van der Waals surface area contributed by atoms with Gasteiger partial charge in [-0.25, -0.2) is 0 Å². The van der Waals surface area contributed by atoms with Crippen molar-refractivity contribution in [2.75, 3.05) is 7.11 Å². The van der Waals surface area contributed by atoms with Crippen LogP contribution < -0.4 is 0 Å². The molecule has 0 amide bonds. The van der Waals surface area contributed by atoms with Gasteiger partial charge in [0.1, 0.15) is 5.69 Å². The minimum Gasteiger partial charge on any atom is -0.378 e. The lowest BCUT2D eigenvalue weighted by molar-refractivity contribution is 0.181. The van der Waals surface area contributed by atoms with Crippen LogP contribution in [-0.4, -0.2) is 22.1 Å². The van der Waals surface area contributed by atoms with Gasteiger partial charge in [0.15, 0.2) is 0 Å². The molecule has 1 heterocycles. The molecule has 2 aliphatic rings. The molecule has 2 saturated carbocycles. The maximum absolute atomic E-state index is 5.09. The zero-order valence-corrected chi connectivity index (χ0v) is 12.6. The standard InChI is InChI=1S/C16H27N3O/c1-20-12-16-11-19(18-17-16)10-13-6-8-15(9-7-13)14-4-2-3-5-14/h11,13-15H,2-10,12H2,1H3. The molecule has 4 nitrogen and oxygen atoms in total. The minimum absolute atomic E-state index is 0.564. The summed E-state index contributed by atoms with van der Waals surface area (Å²) in [5.41, 5.74) is 0.937. The van der Waals surface area contributed by atoms with Crippen molar-refractivity contribution in [3.63, 3.8) is 0 Å². The molecule has 0 bridgehead atoms. The van der Waals surface area contributed by atoms with Crippen LogP contribution in [0.1, 0.15) is 57.1 Å². The molecular weight excluding hydrogens is 250 g/mol. The third-order valence-electron chi connectivity index (χ3n) is 5.28. The van der Waals surface area contributed by atoms with Crippen molar-refractivity contribution in [1.29, 1.82) is 0 Å². The molecule has 1 aromatic rings. The first kappa shape index (κ1) is 14.1. The minimum atomic E-state index is 0.564. The van der Waals surface area contributed by atoms with E-state index in [2.05, 4.69) is 10.3 Å². The van der Waals surface area contributed by atoms with Gasteiger partial charge in [-0.05, 0) is 43.4 Å². The predicted molar refractivity (Wildman–Crippen MR) is 78.1 cm³/mol. The lowest BCUT2D eigenvalue weighted by atomic mass is 9.75. The van der Waals surface area contributed by atoms with Crippen LogP contribution in [0.3, 0.4) is 0 Å². The molecule has 112 valence electrons. The van der Waals surface area contributed by atoms with Crippen molar-refractivity contribution in [2.45, 2.75) is 64.5 Å². The van der Waals surface area contributed by atoms with Crippen molar-refractivity contribution in [3.8, 4) is 0 Å². The van der Waals surface area contributed by atoms with Gasteiger partial charge in [-0.1, -0.05) is 30.9 Å². The second kappa shape index (κ2) is 6.70. The van der Waals surface area contributed by atoms with Crippen LogP contribution in [0.4, 0.5) is 0 Å². The van der Waals surface area contributed by atoms with E-state index in [1.165, 1.54) is 51.4 Å². The Morgan fingerprint density at radius 1 is 1.10 bits per heavy atom. The Morgan fingerprint density at radius 2 is 1.80 bits per heavy atom. The predicted octanol–water partition coefficient (Wildman–Crippen LogP) is 3.42. The molecule has 0 N–H and O–H groups in total. The topological polar surface area (TPSA) is 39.9 Å². The quantitative estimate of drug-likeness (QED) is 0.828. The highest BCUT2D eigenvalue weighted by Gasteiger charge is 2.29. The summed E-state index contributed by atoms with van der Waals surface area (Å²) in [4.78, 5) is 0. The van der Waals surface area contributed by atoms with Gasteiger partial charge in [-0.2, -0.15) is 0 Å². The Balaban J connectivity index is 1.45. The second-order valence-electron chi connectivity index (χ2n) is 6.69. The molecule has 20 heavy (non-hydrogen) atoms. The molecule has 4 heteroatoms. The second-order valence-corrected chi connectivity index (χ2v) is 6.69. The van der Waals surface area contributed by atoms with Crippen LogP contribution in [-0.2, 0) is 17.9 Å². The van der Waals surface area contributed by atoms with Crippen LogP contribution in [0.2, 0.25) is 0 Å². The molecular formula is C16H27N3O. The molecule has 0 unspecified atom stereocenters. The maximum Gasteiger partial charge on any atom is 0.108 e. The molecule has 0 saturated heterocycles. The summed E-state index contributed by atoms with van der Waals surface area (Å²) >= 11 is 0. The SMILES string of the molecule is COCc1cn(CC2CCC(C3CCCC3)CC2)nn1. The fraction of sp³-hybridized carbons (Fsp3) is 0.875. The first-order valence-corrected chi connectivity index (χ1v) is 8.23. The summed E-state index contributed by atoms with van der Waals surface area (Å²) in [5.74, 6) is 2.87. The fourth-order valence-electron chi connectivity index (χ4n) is 4.18. The van der Waals surface area contributed by atoms with Gasteiger partial charge in [-0.15, -0.1) is 5.10 Å². The summed E-state index contributed by atoms with van der Waals surface area (Å²) in [6.45, 7) is 1.60. The molecule has 1 aromatic heterocycles. The van der Waals surface area contributed by atoms with Crippen LogP contribution in [0.25, 0.3) is 0 Å². The Morgan fingerprint density at radius 3 is 2.50 bits per heavy atom. The first-order chi connectivity index (χ1) is 9.85. The molecule has 2 fully saturated rings. The smallest absolute Gasteiger partial charge is 0.108 e. The largest absolute Gasteiger partial charge is 0.378 e. The normalized spacial score (nSPS) is 28.1. The number of hydrogen-bond acceptors (Lipinski definition) is 3. The zero-order valence-electron chi connectivity index (χ0n) is 12.6. The number of aromatic nitrogens is 3. The summed E-state index contributed by atoms with van der Waals surface area (Å²) in [6, 6.07) is 0. The van der Waals surface area contributed by atoms with E-state index >= 15 is 0 Å². The lowest BCUT2D eigenvalue weighted by Gasteiger charge is -2.32. The number of methoxy groups -OCH3 is 1. The number of nitrogens with zero attached hydrogens (tertiary/aromatic N) is 3. The van der Waals surface area contributed by atoms with Crippen molar-refractivity contribution < 1.29 is 4.74 Å². The fourth-order valence-corrected chi connectivity index (χ4v) is 4.18. The molecule has 0 atom stereocenters. The Hall–Kier alpha value is -0.900. The van der Waals surface area contributed by atoms with Gasteiger partial charge in [0.25, 0.3) is 0 Å². The number of hydrogen-bond donors (Lipinski definition) is 0. The third-order valence-corrected chi connectivity index (χ3v) is 5.28. The van der Waals surface area contributed by atoms with Crippen LogP contribution in [0.15, 0.2) is 6.20 Å². The van der Waals surface area contributed by atoms with Crippen LogP contribution in [0.5, 0.6) is 0 Å². The van der Waals surface area contributed by atoms with E-state index in [0.29, 0.717) is 6.61 Å². The van der Waals surface area contributed by atoms with Crippen molar-refractivity contribution in [1.82, 2.24) is 15.0 Å². The van der Waals surface area contributed by atoms with E-state index in [1.807, 2.05) is 10.9 Å². The van der Waals surface area contributed by atoms with E-state index in [0.717, 1.165) is 30.0 Å². The molecule has 2 aliphatic carbocycles. The average Bonchev–Trinajstić information content (AvgIpc) is 3.12. The van der Waals surface area contributed by atoms with Gasteiger partial charge in [-0.3, -0.25) is 4.68 Å². The summed E-state index contributed by atoms with van der Waals surface area (Å²) in [7, 11) is 1.70. The van der Waals surface area contributed by atoms with Crippen molar-refractivity contribution in [2.24, 2.45) is 17.8 Å². The van der Waals surface area contributed by atoms with E-state index in [1.54, 1.807) is 7.11 Å². The van der Waals surface area contributed by atoms with E-state index in [-0.39, 0.29) is 0 Å². The van der Waals surface area contributed by atoms with Gasteiger partial charge in [0.05, 0.1) is 12.8 Å². The lowest BCUT2D eigenvalue weighted by Crippen LogP contribution is -2.23. The summed E-state index contributed by atoms with van der Waals surface area (Å²) < 4.78 is 7.10. The molecule has 3 rings (SSSR count). The monoisotopic (exact) mass is 277 g/mol. The zero-order chi connectivity index (χ0) is 13.8. The van der Waals surface area contributed by atoms with Crippen LogP contribution in [0, 0.1) is 17.8 Å². The van der Waals surface area contributed by atoms with Gasteiger partial charge >= 0.3 is 0 Å². The number of ether oxygens (including phenoxy) is 1. The van der Waals surface area contributed by atoms with E-state index in [4.69, 9.17) is 4.74 Å². The summed E-state index contributed by atoms with van der Waals surface area (Å²) in [5, 5.41) is 8.35. The highest BCUT2D eigenvalue weighted by molar-refractivity contribution is 4.90. The van der Waals surface area contributed by atoms with Gasteiger partial charge in [0, 0.05) is 13.7 Å². The van der Waals surface area contributed by atoms with Gasteiger partial charge < -0.3 is 4.74 Å². The molecule has 0 radical (unpaired) electrons. The van der Waals surface area contributed by atoms with E-state index < -0.39 is 0 Å². The van der Waals surface area contributed by atoms with Crippen molar-refractivity contribution >= 4 is 0 Å². The van der Waals surface area contributed by atoms with Crippen molar-refractivity contribution in [3.05, 3.63) is 11.9 Å². The molecule has 0 spiro atoms. The van der Waals surface area contributed by atoms with Gasteiger partial charge in [0.2, 0.25) is 0 Å². The molecule has 0 aromatic carbocycles. The average molecular weight is 277 g/mol. The van der Waals surface area contributed by atoms with E-state index in [9.17, 15) is 0 Å². The highest BCUT2D eigenvalue weighted by atomic mass is 16.5. The molecule has 0 aliphatic heterocycles. The van der Waals surface area contributed by atoms with Crippen LogP contribution >= 0.6 is 0 Å². The third kappa shape index (κ3) is 3.40. The first-order valence-electron chi connectivity index (χ1n) is 8.23. The highest BCUT2D eigenvalue weighted by Crippen LogP contribution is 2.41. The Kier molecular flexibility index (Phi) is 4.71. The summed E-state index contributed by atoms with van der Waals surface area (Å²) in [6.07, 6.45) is 13.6.